The highest BCUT2D eigenvalue weighted by Crippen LogP contribution is 2.27. The molecule has 1 fully saturated rings. The molecule has 1 N–H and O–H groups in total. The van der Waals surface area contributed by atoms with Crippen molar-refractivity contribution >= 4 is 27.5 Å². The maximum absolute atomic E-state index is 13.4. The zero-order chi connectivity index (χ0) is 24.5. The third kappa shape index (κ3) is 5.23. The van der Waals surface area contributed by atoms with Gasteiger partial charge in [-0.1, -0.05) is 43.7 Å². The maximum atomic E-state index is 13.4. The molecule has 1 aromatic heterocycles. The number of aromatic nitrogens is 2. The highest BCUT2D eigenvalue weighted by atomic mass is 32.2. The van der Waals surface area contributed by atoms with E-state index in [1.165, 1.54) is 5.56 Å². The van der Waals surface area contributed by atoms with E-state index in [1.54, 1.807) is 4.31 Å². The van der Waals surface area contributed by atoms with Crippen LogP contribution in [0.5, 0.6) is 0 Å². The van der Waals surface area contributed by atoms with Crippen molar-refractivity contribution in [3.8, 4) is 0 Å². The van der Waals surface area contributed by atoms with Crippen molar-refractivity contribution in [2.24, 2.45) is 0 Å². The van der Waals surface area contributed by atoms with Gasteiger partial charge in [-0.05, 0) is 56.0 Å². The van der Waals surface area contributed by atoms with Crippen molar-refractivity contribution in [2.45, 2.75) is 45.4 Å². The van der Waals surface area contributed by atoms with Gasteiger partial charge in [0, 0.05) is 43.6 Å². The first-order valence-corrected chi connectivity index (χ1v) is 13.1. The Labute approximate surface area is 202 Å². The van der Waals surface area contributed by atoms with Crippen LogP contribution in [0.1, 0.15) is 42.1 Å². The van der Waals surface area contributed by atoms with Crippen LogP contribution >= 0.6 is 0 Å². The lowest BCUT2D eigenvalue weighted by atomic mass is 10.0. The van der Waals surface area contributed by atoms with Crippen molar-refractivity contribution < 1.29 is 8.42 Å². The van der Waals surface area contributed by atoms with Gasteiger partial charge in [-0.2, -0.15) is 9.29 Å². The van der Waals surface area contributed by atoms with Crippen molar-refractivity contribution in [3.05, 3.63) is 70.9 Å². The largest absolute Gasteiger partial charge is 0.340 e. The van der Waals surface area contributed by atoms with Crippen LogP contribution < -0.4 is 10.2 Å². The van der Waals surface area contributed by atoms with E-state index in [1.807, 2.05) is 50.2 Å². The molecule has 3 aromatic rings. The van der Waals surface area contributed by atoms with Crippen LogP contribution in [0.2, 0.25) is 0 Å². The number of nitrogens with one attached hydrogen (secondary N) is 1. The minimum absolute atomic E-state index is 0.271. The Hall–Kier alpha value is -2.97. The standard InChI is InChI=1S/C26H33N5O2S/c1-18(2)22-9-8-20(4)24(17-22)34(32,33)31-14-12-30(13-15-31)26-27-21(5)16-25(29-26)28-23-10-6-19(3)7-11-23/h6-11,16-18H,12-15H2,1-5H3,(H,27,28,29). The first-order chi connectivity index (χ1) is 16.1. The monoisotopic (exact) mass is 479 g/mol. The van der Waals surface area contributed by atoms with Crippen molar-refractivity contribution in [1.82, 2.24) is 14.3 Å². The number of anilines is 3. The average molecular weight is 480 g/mol. The van der Waals surface area contributed by atoms with Crippen LogP contribution in [-0.2, 0) is 10.0 Å². The van der Waals surface area contributed by atoms with Gasteiger partial charge in [0.2, 0.25) is 16.0 Å². The van der Waals surface area contributed by atoms with Gasteiger partial charge >= 0.3 is 0 Å². The summed E-state index contributed by atoms with van der Waals surface area (Å²) in [5, 5.41) is 3.34. The highest BCUT2D eigenvalue weighted by molar-refractivity contribution is 7.89. The number of hydrogen-bond acceptors (Lipinski definition) is 6. The summed E-state index contributed by atoms with van der Waals surface area (Å²) in [6.07, 6.45) is 0. The van der Waals surface area contributed by atoms with Crippen LogP contribution in [0.3, 0.4) is 0 Å². The first kappa shape index (κ1) is 24.2. The summed E-state index contributed by atoms with van der Waals surface area (Å²) in [6, 6.07) is 15.8. The summed E-state index contributed by atoms with van der Waals surface area (Å²) in [7, 11) is -3.56. The lowest BCUT2D eigenvalue weighted by Gasteiger charge is -2.34. The first-order valence-electron chi connectivity index (χ1n) is 11.7. The maximum Gasteiger partial charge on any atom is 0.243 e. The predicted octanol–water partition coefficient (Wildman–Crippen LogP) is 4.78. The quantitative estimate of drug-likeness (QED) is 0.548. The molecule has 0 radical (unpaired) electrons. The second kappa shape index (κ2) is 9.72. The summed E-state index contributed by atoms with van der Waals surface area (Å²) in [5.74, 6) is 1.61. The number of nitrogens with zero attached hydrogens (tertiary/aromatic N) is 4. The summed E-state index contributed by atoms with van der Waals surface area (Å²) < 4.78 is 28.4. The second-order valence-electron chi connectivity index (χ2n) is 9.26. The van der Waals surface area contributed by atoms with Gasteiger partial charge in [0.15, 0.2) is 0 Å². The van der Waals surface area contributed by atoms with E-state index in [-0.39, 0.29) is 5.92 Å². The Kier molecular flexibility index (Phi) is 6.91. The van der Waals surface area contributed by atoms with Gasteiger partial charge in [-0.15, -0.1) is 0 Å². The van der Waals surface area contributed by atoms with Gasteiger partial charge in [0.1, 0.15) is 5.82 Å². The molecule has 0 unspecified atom stereocenters. The van der Waals surface area contributed by atoms with Crippen molar-refractivity contribution in [1.29, 1.82) is 0 Å². The number of rotatable bonds is 6. The second-order valence-corrected chi connectivity index (χ2v) is 11.2. The third-order valence-electron chi connectivity index (χ3n) is 6.18. The highest BCUT2D eigenvalue weighted by Gasteiger charge is 2.31. The Morgan fingerprint density at radius 2 is 1.56 bits per heavy atom. The Morgan fingerprint density at radius 3 is 2.21 bits per heavy atom. The summed E-state index contributed by atoms with van der Waals surface area (Å²) >= 11 is 0. The molecular formula is C26H33N5O2S. The SMILES string of the molecule is Cc1ccc(Nc2cc(C)nc(N3CCN(S(=O)(=O)c4cc(C(C)C)ccc4C)CC3)n2)cc1. The zero-order valence-electron chi connectivity index (χ0n) is 20.5. The fourth-order valence-electron chi connectivity index (χ4n) is 4.06. The molecule has 4 rings (SSSR count). The lowest BCUT2D eigenvalue weighted by Crippen LogP contribution is -2.49. The molecule has 0 amide bonds. The molecule has 2 heterocycles. The Morgan fingerprint density at radius 1 is 0.882 bits per heavy atom. The van der Waals surface area contributed by atoms with Gasteiger partial charge in [-0.3, -0.25) is 0 Å². The minimum Gasteiger partial charge on any atom is -0.340 e. The van der Waals surface area contributed by atoms with Crippen LogP contribution in [-0.4, -0.2) is 48.9 Å². The van der Waals surface area contributed by atoms with E-state index in [0.717, 1.165) is 28.3 Å². The van der Waals surface area contributed by atoms with Crippen molar-refractivity contribution in [3.63, 3.8) is 0 Å². The molecule has 1 aliphatic heterocycles. The third-order valence-corrected chi connectivity index (χ3v) is 8.23. The van der Waals surface area contributed by atoms with Crippen molar-refractivity contribution in [2.75, 3.05) is 36.4 Å². The summed E-state index contributed by atoms with van der Waals surface area (Å²) in [5.41, 5.74) is 4.83. The lowest BCUT2D eigenvalue weighted by molar-refractivity contribution is 0.382. The van der Waals surface area contributed by atoms with Gasteiger partial charge in [0.25, 0.3) is 0 Å². The fraction of sp³-hybridized carbons (Fsp3) is 0.385. The van der Waals surface area contributed by atoms with E-state index in [0.29, 0.717) is 37.0 Å². The number of benzene rings is 2. The molecule has 8 heteroatoms. The zero-order valence-corrected chi connectivity index (χ0v) is 21.4. The molecule has 0 saturated carbocycles. The van der Waals surface area contributed by atoms with Gasteiger partial charge in [0.05, 0.1) is 4.90 Å². The smallest absolute Gasteiger partial charge is 0.243 e. The normalized spacial score (nSPS) is 15.1. The van der Waals surface area contributed by atoms with Crippen LogP contribution in [0.25, 0.3) is 0 Å². The topological polar surface area (TPSA) is 78.4 Å². The Bertz CT molecular complexity index is 1260. The number of piperazine rings is 1. The predicted molar refractivity (Wildman–Crippen MR) is 137 cm³/mol. The van der Waals surface area contributed by atoms with Crippen LogP contribution in [0, 0.1) is 20.8 Å². The molecule has 0 atom stereocenters. The molecule has 180 valence electrons. The fourth-order valence-corrected chi connectivity index (χ4v) is 5.75. The molecule has 34 heavy (non-hydrogen) atoms. The molecule has 0 bridgehead atoms. The molecule has 0 spiro atoms. The number of sulfonamides is 1. The summed E-state index contributed by atoms with van der Waals surface area (Å²) in [6.45, 7) is 11.9. The molecule has 2 aromatic carbocycles. The molecule has 0 aliphatic carbocycles. The van der Waals surface area contributed by atoms with Crippen LogP contribution in [0.4, 0.5) is 17.5 Å². The van der Waals surface area contributed by atoms with E-state index in [9.17, 15) is 8.42 Å². The number of aryl methyl sites for hydroxylation is 3. The molecular weight excluding hydrogens is 446 g/mol. The van der Waals surface area contributed by atoms with Gasteiger partial charge < -0.3 is 10.2 Å². The molecule has 1 saturated heterocycles. The van der Waals surface area contributed by atoms with E-state index in [2.05, 4.69) is 48.1 Å². The minimum atomic E-state index is -3.56. The van der Waals surface area contributed by atoms with E-state index < -0.39 is 10.0 Å². The summed E-state index contributed by atoms with van der Waals surface area (Å²) in [4.78, 5) is 11.8. The molecule has 7 nitrogen and oxygen atoms in total. The number of hydrogen-bond donors (Lipinski definition) is 1. The molecule has 1 aliphatic rings. The Balaban J connectivity index is 1.49. The van der Waals surface area contributed by atoms with E-state index in [4.69, 9.17) is 4.98 Å². The van der Waals surface area contributed by atoms with Gasteiger partial charge in [-0.25, -0.2) is 13.4 Å². The van der Waals surface area contributed by atoms with Crippen LogP contribution in [0.15, 0.2) is 53.4 Å². The average Bonchev–Trinajstić information content (AvgIpc) is 2.80. The van der Waals surface area contributed by atoms with E-state index >= 15 is 0 Å².